The second kappa shape index (κ2) is 13.4. The van der Waals surface area contributed by atoms with Crippen LogP contribution in [-0.2, 0) is 10.0 Å². The van der Waals surface area contributed by atoms with Gasteiger partial charge in [-0.1, -0.05) is 17.7 Å². The molecule has 0 saturated carbocycles. The van der Waals surface area contributed by atoms with Gasteiger partial charge in [0.2, 0.25) is 10.0 Å². The third-order valence-corrected chi connectivity index (χ3v) is 5.55. The Labute approximate surface area is 201 Å². The monoisotopic (exact) mass is 562 g/mol. The molecule has 0 bridgehead atoms. The number of methoxy groups -OCH3 is 1. The van der Waals surface area contributed by atoms with Gasteiger partial charge in [0.05, 0.1) is 25.2 Å². The van der Waals surface area contributed by atoms with Crippen molar-refractivity contribution in [2.75, 3.05) is 38.7 Å². The molecule has 2 aromatic rings. The molecule has 0 saturated heterocycles. The minimum atomic E-state index is -3.56. The molecule has 3 N–H and O–H groups in total. The first kappa shape index (κ1) is 27.0. The molecule has 0 radical (unpaired) electrons. The van der Waals surface area contributed by atoms with E-state index < -0.39 is 10.0 Å². The van der Waals surface area contributed by atoms with Crippen molar-refractivity contribution in [3.05, 3.63) is 48.0 Å². The average Bonchev–Trinajstić information content (AvgIpc) is 2.72. The molecule has 0 spiro atoms. The highest BCUT2D eigenvalue weighted by atomic mass is 127. The first-order valence-corrected chi connectivity index (χ1v) is 11.3. The third kappa shape index (κ3) is 8.54. The number of halogens is 1. The van der Waals surface area contributed by atoms with Crippen molar-refractivity contribution >= 4 is 45.6 Å². The predicted octanol–water partition coefficient (Wildman–Crippen LogP) is 3.38. The van der Waals surface area contributed by atoms with Gasteiger partial charge >= 0.3 is 0 Å². The molecule has 0 unspecified atom stereocenters. The number of hydrogen-bond acceptors (Lipinski definition) is 5. The average molecular weight is 562 g/mol. The fourth-order valence-corrected chi connectivity index (χ4v) is 3.64. The van der Waals surface area contributed by atoms with E-state index in [1.165, 1.54) is 0 Å². The highest BCUT2D eigenvalue weighted by molar-refractivity contribution is 14.0. The van der Waals surface area contributed by atoms with Crippen molar-refractivity contribution in [1.82, 2.24) is 10.0 Å². The molecule has 0 aliphatic carbocycles. The van der Waals surface area contributed by atoms with Crippen molar-refractivity contribution < 1.29 is 17.9 Å². The van der Waals surface area contributed by atoms with Crippen molar-refractivity contribution in [3.63, 3.8) is 0 Å². The van der Waals surface area contributed by atoms with Crippen LogP contribution in [0.25, 0.3) is 0 Å². The molecule has 2 rings (SSSR count). The summed E-state index contributed by atoms with van der Waals surface area (Å²) in [5, 5.41) is 6.33. The Hall–Kier alpha value is -2.05. The van der Waals surface area contributed by atoms with E-state index in [9.17, 15) is 8.42 Å². The van der Waals surface area contributed by atoms with Crippen LogP contribution < -0.4 is 24.8 Å². The lowest BCUT2D eigenvalue weighted by atomic mass is 10.2. The van der Waals surface area contributed by atoms with E-state index in [1.807, 2.05) is 39.0 Å². The number of aliphatic imine (C=N–C) groups is 1. The first-order valence-electron chi connectivity index (χ1n) is 9.82. The molecule has 0 heterocycles. The zero-order chi connectivity index (χ0) is 22.0. The van der Waals surface area contributed by atoms with Crippen molar-refractivity contribution in [2.24, 2.45) is 4.99 Å². The maximum absolute atomic E-state index is 12.3. The van der Waals surface area contributed by atoms with Gasteiger partial charge in [0, 0.05) is 24.8 Å². The van der Waals surface area contributed by atoms with Crippen LogP contribution in [-0.4, -0.2) is 47.7 Å². The number of nitrogens with zero attached hydrogens (tertiary/aromatic N) is 1. The highest BCUT2D eigenvalue weighted by Gasteiger charge is 2.12. The lowest BCUT2D eigenvalue weighted by molar-refractivity contribution is 0.311. The second-order valence-corrected chi connectivity index (χ2v) is 8.16. The van der Waals surface area contributed by atoms with Gasteiger partial charge in [-0.3, -0.25) is 4.99 Å². The molecule has 8 nitrogen and oxygen atoms in total. The van der Waals surface area contributed by atoms with Gasteiger partial charge in [-0.25, -0.2) is 13.1 Å². The summed E-state index contributed by atoms with van der Waals surface area (Å²) in [5.41, 5.74) is 1.78. The van der Waals surface area contributed by atoms with Crippen LogP contribution in [0.2, 0.25) is 0 Å². The van der Waals surface area contributed by atoms with Gasteiger partial charge in [-0.05, 0) is 45.0 Å². The topological polar surface area (TPSA) is 101 Å². The van der Waals surface area contributed by atoms with Gasteiger partial charge in [-0.2, -0.15) is 0 Å². The second-order valence-electron chi connectivity index (χ2n) is 6.40. The molecule has 0 amide bonds. The minimum absolute atomic E-state index is 0. The number of aryl methyl sites for hydroxylation is 1. The van der Waals surface area contributed by atoms with Crippen LogP contribution >= 0.6 is 24.0 Å². The van der Waals surface area contributed by atoms with Gasteiger partial charge in [0.15, 0.2) is 17.5 Å². The number of anilines is 1. The Morgan fingerprint density at radius 3 is 2.39 bits per heavy atom. The molecule has 0 aliphatic heterocycles. The Morgan fingerprint density at radius 2 is 1.77 bits per heavy atom. The summed E-state index contributed by atoms with van der Waals surface area (Å²) < 4.78 is 38.2. The standard InChI is InChI=1S/C21H30N4O4S.HI/c1-5-22-21(25-17-9-12-19(28-4)20(15-17)29-6-2)23-13-14-24-30(26,27)18-10-7-16(3)8-11-18;/h7-12,15,24H,5-6,13-14H2,1-4H3,(H2,22,23,25);1H. The van der Waals surface area contributed by atoms with E-state index in [-0.39, 0.29) is 42.0 Å². The van der Waals surface area contributed by atoms with E-state index in [4.69, 9.17) is 9.47 Å². The lowest BCUT2D eigenvalue weighted by Gasteiger charge is -2.14. The SMILES string of the molecule is CCNC(=NCCNS(=O)(=O)c1ccc(C)cc1)Nc1ccc(OC)c(OCC)c1.I. The number of nitrogens with one attached hydrogen (secondary N) is 3. The third-order valence-electron chi connectivity index (χ3n) is 4.08. The smallest absolute Gasteiger partial charge is 0.240 e. The number of ether oxygens (including phenoxy) is 2. The molecular weight excluding hydrogens is 531 g/mol. The molecule has 2 aromatic carbocycles. The van der Waals surface area contributed by atoms with Gasteiger partial charge in [0.25, 0.3) is 0 Å². The van der Waals surface area contributed by atoms with Crippen LogP contribution in [0, 0.1) is 6.92 Å². The fraction of sp³-hybridized carbons (Fsp3) is 0.381. The Balaban J connectivity index is 0.00000480. The van der Waals surface area contributed by atoms with Crippen molar-refractivity contribution in [3.8, 4) is 11.5 Å². The zero-order valence-electron chi connectivity index (χ0n) is 18.3. The van der Waals surface area contributed by atoms with Crippen LogP contribution in [0.4, 0.5) is 5.69 Å². The zero-order valence-corrected chi connectivity index (χ0v) is 21.4. The molecule has 172 valence electrons. The summed E-state index contributed by atoms with van der Waals surface area (Å²) in [7, 11) is -1.96. The number of hydrogen-bond donors (Lipinski definition) is 3. The van der Waals surface area contributed by atoms with Crippen molar-refractivity contribution in [1.29, 1.82) is 0 Å². The number of benzene rings is 2. The molecule has 31 heavy (non-hydrogen) atoms. The summed E-state index contributed by atoms with van der Waals surface area (Å²) in [5.74, 6) is 1.82. The fourth-order valence-electron chi connectivity index (χ4n) is 2.62. The normalized spacial score (nSPS) is 11.4. The quantitative estimate of drug-likeness (QED) is 0.178. The van der Waals surface area contributed by atoms with E-state index in [2.05, 4.69) is 20.3 Å². The molecule has 0 aliphatic rings. The van der Waals surface area contributed by atoms with Crippen LogP contribution in [0.15, 0.2) is 52.4 Å². The van der Waals surface area contributed by atoms with Crippen LogP contribution in [0.3, 0.4) is 0 Å². The summed E-state index contributed by atoms with van der Waals surface area (Å²) in [4.78, 5) is 4.67. The lowest BCUT2D eigenvalue weighted by Crippen LogP contribution is -2.32. The summed E-state index contributed by atoms with van der Waals surface area (Å²) >= 11 is 0. The number of rotatable bonds is 10. The Morgan fingerprint density at radius 1 is 1.06 bits per heavy atom. The maximum Gasteiger partial charge on any atom is 0.240 e. The molecule has 10 heteroatoms. The number of guanidine groups is 1. The minimum Gasteiger partial charge on any atom is -0.493 e. The van der Waals surface area contributed by atoms with E-state index in [0.29, 0.717) is 30.6 Å². The molecule has 0 fully saturated rings. The highest BCUT2D eigenvalue weighted by Crippen LogP contribution is 2.30. The molecule has 0 aromatic heterocycles. The van der Waals surface area contributed by atoms with E-state index in [0.717, 1.165) is 11.3 Å². The first-order chi connectivity index (χ1) is 14.4. The van der Waals surface area contributed by atoms with E-state index >= 15 is 0 Å². The summed E-state index contributed by atoms with van der Waals surface area (Å²) in [6, 6.07) is 12.2. The van der Waals surface area contributed by atoms with Gasteiger partial charge in [0.1, 0.15) is 0 Å². The van der Waals surface area contributed by atoms with Crippen LogP contribution in [0.1, 0.15) is 19.4 Å². The van der Waals surface area contributed by atoms with Gasteiger partial charge in [-0.15, -0.1) is 24.0 Å². The molecular formula is C21H31IN4O4S. The molecule has 0 atom stereocenters. The van der Waals surface area contributed by atoms with Crippen LogP contribution in [0.5, 0.6) is 11.5 Å². The Bertz CT molecular complexity index is 950. The maximum atomic E-state index is 12.3. The largest absolute Gasteiger partial charge is 0.493 e. The number of sulfonamides is 1. The summed E-state index contributed by atoms with van der Waals surface area (Å²) in [6.45, 7) is 7.41. The van der Waals surface area contributed by atoms with Crippen molar-refractivity contribution in [2.45, 2.75) is 25.7 Å². The van der Waals surface area contributed by atoms with E-state index in [1.54, 1.807) is 31.4 Å². The Kier molecular flexibility index (Phi) is 11.6. The van der Waals surface area contributed by atoms with Gasteiger partial charge < -0.3 is 20.1 Å². The predicted molar refractivity (Wildman–Crippen MR) is 136 cm³/mol. The summed E-state index contributed by atoms with van der Waals surface area (Å²) in [6.07, 6.45) is 0.